The summed E-state index contributed by atoms with van der Waals surface area (Å²) in [5.74, 6) is 1.41. The predicted molar refractivity (Wildman–Crippen MR) is 63.6 cm³/mol. The molecule has 2 heterocycles. The Labute approximate surface area is 102 Å². The lowest BCUT2D eigenvalue weighted by molar-refractivity contribution is 0.103. The van der Waals surface area contributed by atoms with Gasteiger partial charge in [-0.2, -0.15) is 0 Å². The zero-order chi connectivity index (χ0) is 11.9. The van der Waals surface area contributed by atoms with Crippen molar-refractivity contribution in [2.24, 2.45) is 0 Å². The van der Waals surface area contributed by atoms with Crippen molar-refractivity contribution in [1.82, 2.24) is 15.5 Å². The Hall–Kier alpha value is -0.940. The number of rotatable bonds is 7. The molecular weight excluding hydrogens is 218 g/mol. The highest BCUT2D eigenvalue weighted by molar-refractivity contribution is 4.83. The summed E-state index contributed by atoms with van der Waals surface area (Å²) in [6, 6.07) is 0. The van der Waals surface area contributed by atoms with Gasteiger partial charge in [-0.15, -0.1) is 10.2 Å². The lowest BCUT2D eigenvalue weighted by Gasteiger charge is -2.05. The van der Waals surface area contributed by atoms with E-state index < -0.39 is 0 Å². The fourth-order valence-corrected chi connectivity index (χ4v) is 1.99. The van der Waals surface area contributed by atoms with E-state index in [1.54, 1.807) is 0 Å². The van der Waals surface area contributed by atoms with Gasteiger partial charge in [0.15, 0.2) is 0 Å². The van der Waals surface area contributed by atoms with Gasteiger partial charge in [0, 0.05) is 13.0 Å². The lowest BCUT2D eigenvalue weighted by Crippen LogP contribution is -2.13. The molecule has 0 aliphatic carbocycles. The summed E-state index contributed by atoms with van der Waals surface area (Å²) in [5, 5.41) is 11.3. The summed E-state index contributed by atoms with van der Waals surface area (Å²) in [6.07, 6.45) is 5.67. The minimum atomic E-state index is 0.392. The van der Waals surface area contributed by atoms with E-state index in [0.29, 0.717) is 18.5 Å². The van der Waals surface area contributed by atoms with Gasteiger partial charge in [0.2, 0.25) is 11.8 Å². The topological polar surface area (TPSA) is 60.2 Å². The highest BCUT2D eigenvalue weighted by Crippen LogP contribution is 2.17. The van der Waals surface area contributed by atoms with E-state index in [2.05, 4.69) is 22.4 Å². The molecule has 1 aliphatic heterocycles. The molecule has 1 aromatic rings. The second kappa shape index (κ2) is 6.71. The van der Waals surface area contributed by atoms with Crippen molar-refractivity contribution in [3.63, 3.8) is 0 Å². The first kappa shape index (κ1) is 12.5. The maximum Gasteiger partial charge on any atom is 0.230 e. The third-order valence-electron chi connectivity index (χ3n) is 2.92. The summed E-state index contributed by atoms with van der Waals surface area (Å²) in [6.45, 7) is 4.68. The van der Waals surface area contributed by atoms with Crippen molar-refractivity contribution in [2.45, 2.75) is 51.7 Å². The van der Waals surface area contributed by atoms with Crippen LogP contribution in [0.15, 0.2) is 4.42 Å². The monoisotopic (exact) mass is 239 g/mol. The molecule has 0 amide bonds. The van der Waals surface area contributed by atoms with Gasteiger partial charge in [-0.25, -0.2) is 0 Å². The average Bonchev–Trinajstić information content (AvgIpc) is 2.98. The van der Waals surface area contributed by atoms with Crippen LogP contribution in [0.5, 0.6) is 0 Å². The molecular formula is C12H21N3O2. The van der Waals surface area contributed by atoms with Crippen molar-refractivity contribution in [2.75, 3.05) is 13.2 Å². The Kier molecular flexibility index (Phi) is 4.94. The van der Waals surface area contributed by atoms with Gasteiger partial charge in [0.1, 0.15) is 0 Å². The molecule has 0 spiro atoms. The first-order chi connectivity index (χ1) is 8.38. The van der Waals surface area contributed by atoms with Gasteiger partial charge >= 0.3 is 0 Å². The molecule has 2 rings (SSSR count). The number of aryl methyl sites for hydroxylation is 1. The molecule has 1 fully saturated rings. The maximum atomic E-state index is 5.56. The minimum Gasteiger partial charge on any atom is -0.424 e. The second-order valence-electron chi connectivity index (χ2n) is 4.44. The molecule has 1 atom stereocenters. The maximum absolute atomic E-state index is 5.56. The average molecular weight is 239 g/mol. The van der Waals surface area contributed by atoms with Gasteiger partial charge in [-0.1, -0.05) is 6.92 Å². The fourth-order valence-electron chi connectivity index (χ4n) is 1.99. The van der Waals surface area contributed by atoms with E-state index in [9.17, 15) is 0 Å². The van der Waals surface area contributed by atoms with Crippen LogP contribution in [0.4, 0.5) is 0 Å². The molecule has 0 aromatic carbocycles. The van der Waals surface area contributed by atoms with Gasteiger partial charge in [0.25, 0.3) is 0 Å². The Bertz CT molecular complexity index is 321. The van der Waals surface area contributed by atoms with E-state index in [-0.39, 0.29) is 0 Å². The zero-order valence-electron chi connectivity index (χ0n) is 10.4. The van der Waals surface area contributed by atoms with Crippen LogP contribution < -0.4 is 5.32 Å². The summed E-state index contributed by atoms with van der Waals surface area (Å²) < 4.78 is 11.1. The molecule has 0 bridgehead atoms. The second-order valence-corrected chi connectivity index (χ2v) is 4.44. The largest absolute Gasteiger partial charge is 0.424 e. The highest BCUT2D eigenvalue weighted by Gasteiger charge is 2.16. The Morgan fingerprint density at radius 1 is 1.35 bits per heavy atom. The van der Waals surface area contributed by atoms with Crippen LogP contribution in [0.2, 0.25) is 0 Å². The summed E-state index contributed by atoms with van der Waals surface area (Å²) in [7, 11) is 0. The van der Waals surface area contributed by atoms with Crippen LogP contribution in [-0.2, 0) is 17.7 Å². The number of hydrogen-bond acceptors (Lipinski definition) is 5. The zero-order valence-corrected chi connectivity index (χ0v) is 10.4. The molecule has 1 N–H and O–H groups in total. The third-order valence-corrected chi connectivity index (χ3v) is 2.92. The smallest absolute Gasteiger partial charge is 0.230 e. The number of nitrogens with one attached hydrogen (secondary N) is 1. The standard InChI is InChI=1S/C12H21N3O2/c1-2-7-13-9-12-15-14-11(17-12)6-5-10-4-3-8-16-10/h10,13H,2-9H2,1H3. The molecule has 1 unspecified atom stereocenters. The molecule has 5 heteroatoms. The van der Waals surface area contributed by atoms with Gasteiger partial charge < -0.3 is 14.5 Å². The van der Waals surface area contributed by atoms with Crippen LogP contribution in [0.1, 0.15) is 44.4 Å². The predicted octanol–water partition coefficient (Wildman–Crippen LogP) is 1.68. The van der Waals surface area contributed by atoms with Gasteiger partial charge in [-0.3, -0.25) is 0 Å². The van der Waals surface area contributed by atoms with Crippen LogP contribution in [-0.4, -0.2) is 29.5 Å². The van der Waals surface area contributed by atoms with E-state index in [1.165, 1.54) is 12.8 Å². The molecule has 0 radical (unpaired) electrons. The summed E-state index contributed by atoms with van der Waals surface area (Å²) in [5.41, 5.74) is 0. The Morgan fingerprint density at radius 2 is 2.24 bits per heavy atom. The van der Waals surface area contributed by atoms with E-state index in [1.807, 2.05) is 0 Å². The van der Waals surface area contributed by atoms with Crippen LogP contribution >= 0.6 is 0 Å². The van der Waals surface area contributed by atoms with Crippen molar-refractivity contribution >= 4 is 0 Å². The molecule has 1 saturated heterocycles. The fraction of sp³-hybridized carbons (Fsp3) is 0.833. The van der Waals surface area contributed by atoms with Crippen LogP contribution in [0.25, 0.3) is 0 Å². The lowest BCUT2D eigenvalue weighted by atomic mass is 10.1. The van der Waals surface area contributed by atoms with Crippen LogP contribution in [0, 0.1) is 0 Å². The Morgan fingerprint density at radius 3 is 3.00 bits per heavy atom. The van der Waals surface area contributed by atoms with E-state index in [4.69, 9.17) is 9.15 Å². The molecule has 17 heavy (non-hydrogen) atoms. The molecule has 96 valence electrons. The van der Waals surface area contributed by atoms with Gasteiger partial charge in [0.05, 0.1) is 12.6 Å². The molecule has 1 aliphatic rings. The highest BCUT2D eigenvalue weighted by atomic mass is 16.5. The quantitative estimate of drug-likeness (QED) is 0.734. The summed E-state index contributed by atoms with van der Waals surface area (Å²) >= 11 is 0. The van der Waals surface area contributed by atoms with Crippen LogP contribution in [0.3, 0.4) is 0 Å². The molecule has 1 aromatic heterocycles. The summed E-state index contributed by atoms with van der Waals surface area (Å²) in [4.78, 5) is 0. The van der Waals surface area contributed by atoms with E-state index in [0.717, 1.165) is 38.3 Å². The number of ether oxygens (including phenoxy) is 1. The normalized spacial score (nSPS) is 19.9. The van der Waals surface area contributed by atoms with Crippen molar-refractivity contribution in [1.29, 1.82) is 0 Å². The third kappa shape index (κ3) is 4.09. The number of aromatic nitrogens is 2. The molecule has 0 saturated carbocycles. The van der Waals surface area contributed by atoms with Crippen molar-refractivity contribution < 1.29 is 9.15 Å². The Balaban J connectivity index is 1.69. The number of nitrogens with zero attached hydrogens (tertiary/aromatic N) is 2. The first-order valence-corrected chi connectivity index (χ1v) is 6.52. The minimum absolute atomic E-state index is 0.392. The molecule has 5 nitrogen and oxygen atoms in total. The van der Waals surface area contributed by atoms with Gasteiger partial charge in [-0.05, 0) is 32.2 Å². The number of hydrogen-bond donors (Lipinski definition) is 1. The van der Waals surface area contributed by atoms with Crippen molar-refractivity contribution in [3.8, 4) is 0 Å². The van der Waals surface area contributed by atoms with Crippen molar-refractivity contribution in [3.05, 3.63) is 11.8 Å². The van der Waals surface area contributed by atoms with E-state index >= 15 is 0 Å². The SMILES string of the molecule is CCCNCc1nnc(CCC2CCCO2)o1. The first-order valence-electron chi connectivity index (χ1n) is 6.52.